The van der Waals surface area contributed by atoms with Crippen LogP contribution in [0.15, 0.2) is 0 Å². The minimum Gasteiger partial charge on any atom is -0.314 e. The van der Waals surface area contributed by atoms with Gasteiger partial charge in [-0.15, -0.1) is 0 Å². The first-order chi connectivity index (χ1) is 9.53. The van der Waals surface area contributed by atoms with Crippen LogP contribution < -0.4 is 5.32 Å². The molecule has 1 rings (SSSR count). The first kappa shape index (κ1) is 18.0. The van der Waals surface area contributed by atoms with Gasteiger partial charge in [0.2, 0.25) is 0 Å². The van der Waals surface area contributed by atoms with E-state index in [9.17, 15) is 0 Å². The summed E-state index contributed by atoms with van der Waals surface area (Å²) in [6.45, 7) is 13.2. The predicted octanol–water partition coefficient (Wildman–Crippen LogP) is 5.79. The van der Waals surface area contributed by atoms with Crippen molar-refractivity contribution in [3.8, 4) is 0 Å². The van der Waals surface area contributed by atoms with Gasteiger partial charge < -0.3 is 5.32 Å². The van der Waals surface area contributed by atoms with Crippen LogP contribution in [0.4, 0.5) is 0 Å². The highest BCUT2D eigenvalue weighted by atomic mass is 14.9. The zero-order chi connectivity index (χ0) is 15.0. The molecule has 1 aliphatic rings. The fourth-order valence-electron chi connectivity index (χ4n) is 3.64. The summed E-state index contributed by atoms with van der Waals surface area (Å²) in [5, 5.41) is 3.87. The van der Waals surface area contributed by atoms with E-state index in [2.05, 4.69) is 39.9 Å². The molecule has 0 aromatic carbocycles. The normalized spacial score (nSPS) is 25.6. The third-order valence-corrected chi connectivity index (χ3v) is 5.98. The Labute approximate surface area is 128 Å². The van der Waals surface area contributed by atoms with Gasteiger partial charge in [-0.05, 0) is 55.9 Å². The number of rotatable bonds is 9. The summed E-state index contributed by atoms with van der Waals surface area (Å²) >= 11 is 0. The second-order valence-corrected chi connectivity index (χ2v) is 7.72. The molecule has 0 saturated heterocycles. The highest BCUT2D eigenvalue weighted by Gasteiger charge is 2.31. The van der Waals surface area contributed by atoms with Crippen LogP contribution in [-0.2, 0) is 0 Å². The van der Waals surface area contributed by atoms with Gasteiger partial charge in [0.1, 0.15) is 0 Å². The van der Waals surface area contributed by atoms with Gasteiger partial charge >= 0.3 is 0 Å². The maximum absolute atomic E-state index is 3.87. The molecule has 1 atom stereocenters. The maximum Gasteiger partial charge on any atom is 0.00673 e. The van der Waals surface area contributed by atoms with Gasteiger partial charge in [-0.1, -0.05) is 60.3 Å². The van der Waals surface area contributed by atoms with Crippen LogP contribution >= 0.6 is 0 Å². The molecule has 0 radical (unpaired) electrons. The largest absolute Gasteiger partial charge is 0.314 e. The Balaban J connectivity index is 2.25. The van der Waals surface area contributed by atoms with Crippen molar-refractivity contribution in [3.05, 3.63) is 0 Å². The molecule has 0 spiro atoms. The van der Waals surface area contributed by atoms with Crippen LogP contribution in [0.1, 0.15) is 92.4 Å². The van der Waals surface area contributed by atoms with Crippen molar-refractivity contribution in [3.63, 3.8) is 0 Å². The molecule has 120 valence electrons. The number of unbranched alkanes of at least 4 members (excludes halogenated alkanes) is 1. The van der Waals surface area contributed by atoms with Crippen LogP contribution in [0.5, 0.6) is 0 Å². The quantitative estimate of drug-likeness (QED) is 0.564. The molecule has 0 aromatic heterocycles. The Morgan fingerprint density at radius 2 is 1.70 bits per heavy atom. The van der Waals surface area contributed by atoms with Crippen molar-refractivity contribution in [2.45, 2.75) is 98.4 Å². The molecule has 1 unspecified atom stereocenters. The number of hydrogen-bond acceptors (Lipinski definition) is 1. The Morgan fingerprint density at radius 3 is 2.20 bits per heavy atom. The minimum atomic E-state index is 0.554. The minimum absolute atomic E-state index is 0.554. The average Bonchev–Trinajstić information content (AvgIpc) is 2.48. The SMILES string of the molecule is CCCCC(CC)CNC1CCC(C(C)(C)CC)CC1. The fourth-order valence-corrected chi connectivity index (χ4v) is 3.64. The lowest BCUT2D eigenvalue weighted by molar-refractivity contribution is 0.135. The van der Waals surface area contributed by atoms with Crippen molar-refractivity contribution in [2.75, 3.05) is 6.54 Å². The molecule has 20 heavy (non-hydrogen) atoms. The predicted molar refractivity (Wildman–Crippen MR) is 91.1 cm³/mol. The number of hydrogen-bond donors (Lipinski definition) is 1. The molecule has 0 amide bonds. The molecule has 0 aromatic rings. The van der Waals surface area contributed by atoms with E-state index in [0.717, 1.165) is 17.9 Å². The van der Waals surface area contributed by atoms with Crippen molar-refractivity contribution in [1.29, 1.82) is 0 Å². The molecule has 1 fully saturated rings. The van der Waals surface area contributed by atoms with E-state index in [-0.39, 0.29) is 0 Å². The highest BCUT2D eigenvalue weighted by Crippen LogP contribution is 2.40. The smallest absolute Gasteiger partial charge is 0.00673 e. The van der Waals surface area contributed by atoms with E-state index in [0.29, 0.717) is 5.41 Å². The van der Waals surface area contributed by atoms with Gasteiger partial charge in [0.25, 0.3) is 0 Å². The number of nitrogens with one attached hydrogen (secondary N) is 1. The van der Waals surface area contributed by atoms with Crippen LogP contribution in [0.2, 0.25) is 0 Å². The lowest BCUT2D eigenvalue weighted by Crippen LogP contribution is -2.38. The lowest BCUT2D eigenvalue weighted by Gasteiger charge is -2.39. The summed E-state index contributed by atoms with van der Waals surface area (Å²) < 4.78 is 0. The fraction of sp³-hybridized carbons (Fsp3) is 1.00. The summed E-state index contributed by atoms with van der Waals surface area (Å²) in [5.74, 6) is 1.85. The standard InChI is InChI=1S/C19H39N/c1-6-9-10-16(7-2)15-20-18-13-11-17(12-14-18)19(4,5)8-3/h16-18,20H,6-15H2,1-5H3. The van der Waals surface area contributed by atoms with Crippen LogP contribution in [-0.4, -0.2) is 12.6 Å². The van der Waals surface area contributed by atoms with E-state index in [1.165, 1.54) is 64.3 Å². The van der Waals surface area contributed by atoms with Crippen molar-refractivity contribution < 1.29 is 0 Å². The molecule has 0 bridgehead atoms. The van der Waals surface area contributed by atoms with Crippen LogP contribution in [0, 0.1) is 17.3 Å². The van der Waals surface area contributed by atoms with Gasteiger partial charge in [0.15, 0.2) is 0 Å². The third-order valence-electron chi connectivity index (χ3n) is 5.98. The van der Waals surface area contributed by atoms with Crippen LogP contribution in [0.3, 0.4) is 0 Å². The summed E-state index contributed by atoms with van der Waals surface area (Å²) in [5.41, 5.74) is 0.554. The van der Waals surface area contributed by atoms with E-state index in [1.807, 2.05) is 0 Å². The molecule has 1 heteroatoms. The average molecular weight is 282 g/mol. The molecule has 0 aliphatic heterocycles. The van der Waals surface area contributed by atoms with E-state index < -0.39 is 0 Å². The Morgan fingerprint density at radius 1 is 1.05 bits per heavy atom. The molecular formula is C19H39N. The molecular weight excluding hydrogens is 242 g/mol. The maximum atomic E-state index is 3.87. The Hall–Kier alpha value is -0.0400. The molecule has 1 saturated carbocycles. The third kappa shape index (κ3) is 5.76. The summed E-state index contributed by atoms with van der Waals surface area (Å²) in [4.78, 5) is 0. The topological polar surface area (TPSA) is 12.0 Å². The summed E-state index contributed by atoms with van der Waals surface area (Å²) in [6, 6.07) is 0.801. The van der Waals surface area contributed by atoms with Gasteiger partial charge in [-0.25, -0.2) is 0 Å². The summed E-state index contributed by atoms with van der Waals surface area (Å²) in [7, 11) is 0. The van der Waals surface area contributed by atoms with Gasteiger partial charge in [0, 0.05) is 6.04 Å². The first-order valence-electron chi connectivity index (χ1n) is 9.26. The molecule has 1 N–H and O–H groups in total. The van der Waals surface area contributed by atoms with E-state index >= 15 is 0 Å². The van der Waals surface area contributed by atoms with Crippen LogP contribution in [0.25, 0.3) is 0 Å². The first-order valence-corrected chi connectivity index (χ1v) is 9.26. The van der Waals surface area contributed by atoms with Crippen molar-refractivity contribution in [2.24, 2.45) is 17.3 Å². The highest BCUT2D eigenvalue weighted by molar-refractivity contribution is 4.85. The van der Waals surface area contributed by atoms with E-state index in [1.54, 1.807) is 0 Å². The molecule has 0 heterocycles. The monoisotopic (exact) mass is 281 g/mol. The Bertz CT molecular complexity index is 238. The molecule has 1 aliphatic carbocycles. The van der Waals surface area contributed by atoms with Crippen molar-refractivity contribution >= 4 is 0 Å². The van der Waals surface area contributed by atoms with E-state index in [4.69, 9.17) is 0 Å². The van der Waals surface area contributed by atoms with Gasteiger partial charge in [-0.2, -0.15) is 0 Å². The zero-order valence-corrected chi connectivity index (χ0v) is 14.8. The molecule has 1 nitrogen and oxygen atoms in total. The second kappa shape index (κ2) is 9.07. The zero-order valence-electron chi connectivity index (χ0n) is 14.8. The van der Waals surface area contributed by atoms with Gasteiger partial charge in [-0.3, -0.25) is 0 Å². The lowest BCUT2D eigenvalue weighted by atomic mass is 9.69. The van der Waals surface area contributed by atoms with Gasteiger partial charge in [0.05, 0.1) is 0 Å². The Kier molecular flexibility index (Phi) is 8.17. The van der Waals surface area contributed by atoms with Crippen molar-refractivity contribution in [1.82, 2.24) is 5.32 Å². The summed E-state index contributed by atoms with van der Waals surface area (Å²) in [6.07, 6.45) is 12.5. The second-order valence-electron chi connectivity index (χ2n) is 7.72.